The van der Waals surface area contributed by atoms with Gasteiger partial charge in [-0.3, -0.25) is 23.5 Å². The van der Waals surface area contributed by atoms with Crippen LogP contribution >= 0.6 is 0 Å². The molecule has 2 aromatic heterocycles. The lowest BCUT2D eigenvalue weighted by atomic mass is 10.1. The first kappa shape index (κ1) is 16.9. The van der Waals surface area contributed by atoms with E-state index in [1.54, 1.807) is 0 Å². The normalized spacial score (nSPS) is 18.0. The smallest absolute Gasteiger partial charge is 0.332 e. The van der Waals surface area contributed by atoms with E-state index in [1.165, 1.54) is 29.6 Å². The number of imidazole rings is 1. The summed E-state index contributed by atoms with van der Waals surface area (Å²) in [5.41, 5.74) is -0.615. The second-order valence-electron chi connectivity index (χ2n) is 6.16. The van der Waals surface area contributed by atoms with Gasteiger partial charge in [0.25, 0.3) is 5.56 Å². The van der Waals surface area contributed by atoms with E-state index >= 15 is 0 Å². The van der Waals surface area contributed by atoms with Gasteiger partial charge in [0.2, 0.25) is 11.8 Å². The van der Waals surface area contributed by atoms with Gasteiger partial charge in [0.05, 0.1) is 6.33 Å². The fraction of sp³-hybridized carbons (Fsp3) is 0.533. The van der Waals surface area contributed by atoms with Crippen molar-refractivity contribution in [3.8, 4) is 0 Å². The van der Waals surface area contributed by atoms with Crippen molar-refractivity contribution >= 4 is 23.0 Å². The Labute approximate surface area is 142 Å². The standard InChI is InChI=1S/C15H20N6O4/c1-19-12-11(14(24)20(2)15(19)25)21(8-17-12)7-10(22)18-9-5-3-4-6-16-13(9)23/h8-9H,3-7H2,1-2H3,(H,16,23)(H,18,22)/t9-/m1/s1. The van der Waals surface area contributed by atoms with Crippen molar-refractivity contribution in [1.29, 1.82) is 0 Å². The van der Waals surface area contributed by atoms with Crippen LogP contribution in [0.4, 0.5) is 0 Å². The molecule has 3 rings (SSSR count). The Morgan fingerprint density at radius 1 is 1.28 bits per heavy atom. The zero-order valence-corrected chi connectivity index (χ0v) is 14.1. The number of nitrogens with one attached hydrogen (secondary N) is 2. The molecule has 0 bridgehead atoms. The van der Waals surface area contributed by atoms with Crippen LogP contribution in [0.25, 0.3) is 11.2 Å². The minimum absolute atomic E-state index is 0.159. The number of rotatable bonds is 3. The summed E-state index contributed by atoms with van der Waals surface area (Å²) in [6.07, 6.45) is 3.66. The van der Waals surface area contributed by atoms with E-state index in [-0.39, 0.29) is 23.6 Å². The average molecular weight is 348 g/mol. The van der Waals surface area contributed by atoms with Crippen LogP contribution in [0, 0.1) is 0 Å². The summed E-state index contributed by atoms with van der Waals surface area (Å²) in [4.78, 5) is 52.5. The molecule has 10 heteroatoms. The van der Waals surface area contributed by atoms with Gasteiger partial charge in [-0.05, 0) is 19.3 Å². The molecule has 1 aliphatic rings. The summed E-state index contributed by atoms with van der Waals surface area (Å²) in [6, 6.07) is -0.572. The van der Waals surface area contributed by atoms with Crippen molar-refractivity contribution in [2.24, 2.45) is 14.1 Å². The number of fused-ring (bicyclic) bond motifs is 1. The molecule has 1 aliphatic heterocycles. The molecule has 1 saturated heterocycles. The first-order chi connectivity index (χ1) is 11.9. The van der Waals surface area contributed by atoms with Crippen LogP contribution in [0.15, 0.2) is 15.9 Å². The topological polar surface area (TPSA) is 120 Å². The van der Waals surface area contributed by atoms with Gasteiger partial charge in [-0.15, -0.1) is 0 Å². The lowest BCUT2D eigenvalue weighted by Crippen LogP contribution is -2.46. The Morgan fingerprint density at radius 2 is 2.04 bits per heavy atom. The van der Waals surface area contributed by atoms with Crippen LogP contribution in [0.1, 0.15) is 19.3 Å². The minimum Gasteiger partial charge on any atom is -0.354 e. The maximum absolute atomic E-state index is 12.3. The van der Waals surface area contributed by atoms with Gasteiger partial charge in [0, 0.05) is 20.6 Å². The Morgan fingerprint density at radius 3 is 2.80 bits per heavy atom. The molecule has 0 aliphatic carbocycles. The molecule has 1 atom stereocenters. The molecule has 0 radical (unpaired) electrons. The highest BCUT2D eigenvalue weighted by molar-refractivity contribution is 5.88. The van der Waals surface area contributed by atoms with E-state index in [2.05, 4.69) is 15.6 Å². The lowest BCUT2D eigenvalue weighted by Gasteiger charge is -2.15. The number of nitrogens with zero attached hydrogens (tertiary/aromatic N) is 4. The third-order valence-electron chi connectivity index (χ3n) is 4.40. The van der Waals surface area contributed by atoms with Crippen molar-refractivity contribution in [3.05, 3.63) is 27.2 Å². The van der Waals surface area contributed by atoms with Gasteiger partial charge >= 0.3 is 5.69 Å². The highest BCUT2D eigenvalue weighted by Crippen LogP contribution is 2.07. The van der Waals surface area contributed by atoms with Gasteiger partial charge in [-0.25, -0.2) is 9.78 Å². The van der Waals surface area contributed by atoms with E-state index in [0.29, 0.717) is 13.0 Å². The van der Waals surface area contributed by atoms with Crippen molar-refractivity contribution in [2.75, 3.05) is 6.54 Å². The fourth-order valence-corrected chi connectivity index (χ4v) is 2.99. The van der Waals surface area contributed by atoms with Crippen LogP contribution < -0.4 is 21.9 Å². The van der Waals surface area contributed by atoms with Crippen molar-refractivity contribution in [2.45, 2.75) is 31.8 Å². The third-order valence-corrected chi connectivity index (χ3v) is 4.40. The first-order valence-corrected chi connectivity index (χ1v) is 8.08. The molecular weight excluding hydrogens is 328 g/mol. The number of carbonyl (C=O) groups is 2. The minimum atomic E-state index is -0.572. The Kier molecular flexibility index (Phi) is 4.43. The van der Waals surface area contributed by atoms with Gasteiger partial charge in [0.15, 0.2) is 11.2 Å². The van der Waals surface area contributed by atoms with E-state index in [0.717, 1.165) is 17.4 Å². The summed E-state index contributed by atoms with van der Waals surface area (Å²) in [5, 5.41) is 5.45. The largest absolute Gasteiger partial charge is 0.354 e. The summed E-state index contributed by atoms with van der Waals surface area (Å²) in [6.45, 7) is 0.454. The van der Waals surface area contributed by atoms with Gasteiger partial charge in [-0.2, -0.15) is 0 Å². The van der Waals surface area contributed by atoms with Crippen LogP contribution in [-0.2, 0) is 30.2 Å². The molecule has 10 nitrogen and oxygen atoms in total. The van der Waals surface area contributed by atoms with E-state index < -0.39 is 23.2 Å². The number of amides is 2. The van der Waals surface area contributed by atoms with Crippen LogP contribution in [0.5, 0.6) is 0 Å². The molecule has 0 aromatic carbocycles. The second kappa shape index (κ2) is 6.54. The molecule has 2 aromatic rings. The zero-order chi connectivity index (χ0) is 18.1. The summed E-state index contributed by atoms with van der Waals surface area (Å²) in [5.74, 6) is -0.586. The molecule has 3 heterocycles. The number of aryl methyl sites for hydroxylation is 1. The first-order valence-electron chi connectivity index (χ1n) is 8.08. The SMILES string of the molecule is Cn1c(=O)c2c(ncn2CC(=O)N[C@@H]2CCCCNC2=O)n(C)c1=O. The predicted molar refractivity (Wildman–Crippen MR) is 89.0 cm³/mol. The quantitative estimate of drug-likeness (QED) is 0.679. The van der Waals surface area contributed by atoms with Gasteiger partial charge in [0.1, 0.15) is 12.6 Å². The number of hydrogen-bond acceptors (Lipinski definition) is 5. The van der Waals surface area contributed by atoms with Crippen molar-refractivity contribution in [3.63, 3.8) is 0 Å². The molecule has 0 unspecified atom stereocenters. The van der Waals surface area contributed by atoms with E-state index in [4.69, 9.17) is 0 Å². The monoisotopic (exact) mass is 348 g/mol. The van der Waals surface area contributed by atoms with Crippen LogP contribution in [0.3, 0.4) is 0 Å². The van der Waals surface area contributed by atoms with Crippen molar-refractivity contribution in [1.82, 2.24) is 29.3 Å². The Balaban J connectivity index is 1.86. The maximum atomic E-state index is 12.3. The molecule has 25 heavy (non-hydrogen) atoms. The summed E-state index contributed by atoms with van der Waals surface area (Å²) >= 11 is 0. The Hall–Kier alpha value is -2.91. The number of aromatic nitrogens is 4. The summed E-state index contributed by atoms with van der Waals surface area (Å²) < 4.78 is 3.61. The van der Waals surface area contributed by atoms with Gasteiger partial charge < -0.3 is 15.2 Å². The predicted octanol–water partition coefficient (Wildman–Crippen LogP) is -1.78. The lowest BCUT2D eigenvalue weighted by molar-refractivity contribution is -0.129. The third kappa shape index (κ3) is 3.06. The molecule has 0 spiro atoms. The fourth-order valence-electron chi connectivity index (χ4n) is 2.99. The average Bonchev–Trinajstić information content (AvgIpc) is 2.89. The van der Waals surface area contributed by atoms with E-state index in [1.807, 2.05) is 0 Å². The molecular formula is C15H20N6O4. The molecule has 0 saturated carbocycles. The number of carbonyl (C=O) groups excluding carboxylic acids is 2. The molecule has 2 N–H and O–H groups in total. The molecule has 134 valence electrons. The van der Waals surface area contributed by atoms with Crippen molar-refractivity contribution < 1.29 is 9.59 Å². The molecule has 2 amide bonds. The number of hydrogen-bond donors (Lipinski definition) is 2. The van der Waals surface area contributed by atoms with Gasteiger partial charge in [-0.1, -0.05) is 0 Å². The molecule has 1 fully saturated rings. The Bertz CT molecular complexity index is 953. The highest BCUT2D eigenvalue weighted by Gasteiger charge is 2.23. The maximum Gasteiger partial charge on any atom is 0.332 e. The van der Waals surface area contributed by atoms with Crippen LogP contribution in [-0.4, -0.2) is 43.1 Å². The second-order valence-corrected chi connectivity index (χ2v) is 6.16. The summed E-state index contributed by atoms with van der Waals surface area (Å²) in [7, 11) is 2.88. The highest BCUT2D eigenvalue weighted by atomic mass is 16.2. The zero-order valence-electron chi connectivity index (χ0n) is 14.1. The van der Waals surface area contributed by atoms with E-state index in [9.17, 15) is 19.2 Å². The van der Waals surface area contributed by atoms with Crippen LogP contribution in [0.2, 0.25) is 0 Å².